The van der Waals surface area contributed by atoms with Gasteiger partial charge in [0.05, 0.1) is 24.8 Å². The molecule has 0 radical (unpaired) electrons. The van der Waals surface area contributed by atoms with E-state index < -0.39 is 11.7 Å². The second-order valence-corrected chi connectivity index (χ2v) is 6.68. The second kappa shape index (κ2) is 8.70. The molecule has 0 bridgehead atoms. The molecule has 1 saturated heterocycles. The molecule has 1 aliphatic heterocycles. The van der Waals surface area contributed by atoms with Crippen LogP contribution >= 0.6 is 0 Å². The summed E-state index contributed by atoms with van der Waals surface area (Å²) in [6.45, 7) is 2.97. The Bertz CT molecular complexity index is 896. The Kier molecular flexibility index (Phi) is 6.28. The van der Waals surface area contributed by atoms with Crippen LogP contribution in [0.4, 0.5) is 13.2 Å². The number of carbonyl (C=O) groups excluding carboxylic acids is 1. The van der Waals surface area contributed by atoms with Gasteiger partial charge in [-0.3, -0.25) is 4.79 Å². The van der Waals surface area contributed by atoms with Gasteiger partial charge < -0.3 is 15.3 Å². The summed E-state index contributed by atoms with van der Waals surface area (Å²) in [5.74, 6) is 0.0872. The highest BCUT2D eigenvalue weighted by Crippen LogP contribution is 2.31. The van der Waals surface area contributed by atoms with Gasteiger partial charge in [0.2, 0.25) is 5.91 Å². The monoisotopic (exact) mass is 410 g/mol. The van der Waals surface area contributed by atoms with Gasteiger partial charge in [0, 0.05) is 25.7 Å². The van der Waals surface area contributed by atoms with Crippen molar-refractivity contribution in [2.24, 2.45) is 0 Å². The normalized spacial score (nSPS) is 17.8. The summed E-state index contributed by atoms with van der Waals surface area (Å²) in [4.78, 5) is 15.3. The minimum atomic E-state index is -4.49. The summed E-state index contributed by atoms with van der Waals surface area (Å²) in [6.07, 6.45) is -1.72. The van der Waals surface area contributed by atoms with Crippen LogP contribution in [0, 0.1) is 6.92 Å². The summed E-state index contributed by atoms with van der Waals surface area (Å²) in [5.41, 5.74) is -0.0486. The minimum Gasteiger partial charge on any atom is -0.394 e. The van der Waals surface area contributed by atoms with E-state index in [-0.39, 0.29) is 25.1 Å². The zero-order valence-corrected chi connectivity index (χ0v) is 15.7. The SMILES string of the molecule is Cc1nnn(Cc2cc(C(F)(F)F)ccc2C=CC(=O)N2CCNCC2CO)n1. The lowest BCUT2D eigenvalue weighted by atomic mass is 10.0. The molecule has 1 aromatic carbocycles. The van der Waals surface area contributed by atoms with E-state index in [4.69, 9.17) is 0 Å². The predicted octanol–water partition coefficient (Wildman–Crippen LogP) is 0.855. The zero-order valence-electron chi connectivity index (χ0n) is 15.7. The summed E-state index contributed by atoms with van der Waals surface area (Å²) in [6, 6.07) is 2.96. The van der Waals surface area contributed by atoms with Crippen molar-refractivity contribution in [3.63, 3.8) is 0 Å². The Labute approximate surface area is 165 Å². The predicted molar refractivity (Wildman–Crippen MR) is 97.6 cm³/mol. The summed E-state index contributed by atoms with van der Waals surface area (Å²) in [5, 5.41) is 24.0. The minimum absolute atomic E-state index is 0.0223. The van der Waals surface area contributed by atoms with Crippen molar-refractivity contribution in [2.45, 2.75) is 25.7 Å². The second-order valence-electron chi connectivity index (χ2n) is 6.68. The molecule has 1 unspecified atom stereocenters. The lowest BCUT2D eigenvalue weighted by Crippen LogP contribution is -2.54. The molecule has 2 heterocycles. The number of rotatable bonds is 5. The number of amides is 1. The first-order chi connectivity index (χ1) is 13.8. The summed E-state index contributed by atoms with van der Waals surface area (Å²) in [7, 11) is 0. The molecule has 11 heteroatoms. The molecular formula is C18H21F3N6O2. The Morgan fingerprint density at radius 2 is 2.21 bits per heavy atom. The van der Waals surface area contributed by atoms with Crippen LogP contribution in [0.1, 0.15) is 22.5 Å². The maximum absolute atomic E-state index is 13.1. The zero-order chi connectivity index (χ0) is 21.0. The first-order valence-electron chi connectivity index (χ1n) is 9.02. The largest absolute Gasteiger partial charge is 0.416 e. The van der Waals surface area contributed by atoms with Gasteiger partial charge in [-0.15, -0.1) is 10.2 Å². The van der Waals surface area contributed by atoms with Gasteiger partial charge in [-0.25, -0.2) is 0 Å². The van der Waals surface area contributed by atoms with Gasteiger partial charge in [-0.05, 0) is 41.5 Å². The lowest BCUT2D eigenvalue weighted by Gasteiger charge is -2.34. The Morgan fingerprint density at radius 1 is 1.41 bits per heavy atom. The maximum Gasteiger partial charge on any atom is 0.416 e. The number of hydrogen-bond donors (Lipinski definition) is 2. The first-order valence-corrected chi connectivity index (χ1v) is 9.02. The van der Waals surface area contributed by atoms with Gasteiger partial charge in [0.25, 0.3) is 0 Å². The van der Waals surface area contributed by atoms with Crippen molar-refractivity contribution in [3.8, 4) is 0 Å². The van der Waals surface area contributed by atoms with Crippen LogP contribution in [0.15, 0.2) is 24.3 Å². The third-order valence-corrected chi connectivity index (χ3v) is 4.58. The molecule has 2 aromatic rings. The fourth-order valence-corrected chi connectivity index (χ4v) is 3.10. The van der Waals surface area contributed by atoms with E-state index in [1.807, 2.05) is 0 Å². The molecular weight excluding hydrogens is 389 g/mol. The highest BCUT2D eigenvalue weighted by molar-refractivity contribution is 5.92. The number of aryl methyl sites for hydroxylation is 1. The molecule has 29 heavy (non-hydrogen) atoms. The Balaban J connectivity index is 1.86. The van der Waals surface area contributed by atoms with Gasteiger partial charge >= 0.3 is 6.18 Å². The molecule has 1 aliphatic rings. The van der Waals surface area contributed by atoms with Crippen LogP contribution in [0.5, 0.6) is 0 Å². The molecule has 2 N–H and O–H groups in total. The number of aliphatic hydroxyl groups excluding tert-OH is 1. The number of hydrogen-bond acceptors (Lipinski definition) is 6. The maximum atomic E-state index is 13.1. The van der Waals surface area contributed by atoms with Crippen LogP contribution in [-0.4, -0.2) is 68.4 Å². The van der Waals surface area contributed by atoms with Crippen LogP contribution < -0.4 is 5.32 Å². The molecule has 0 spiro atoms. The number of aliphatic hydroxyl groups is 1. The molecule has 8 nitrogen and oxygen atoms in total. The average molecular weight is 410 g/mol. The summed E-state index contributed by atoms with van der Waals surface area (Å²) < 4.78 is 39.4. The fourth-order valence-electron chi connectivity index (χ4n) is 3.10. The fraction of sp³-hybridized carbons (Fsp3) is 0.444. The smallest absolute Gasteiger partial charge is 0.394 e. The van der Waals surface area contributed by atoms with E-state index in [9.17, 15) is 23.1 Å². The van der Waals surface area contributed by atoms with Crippen molar-refractivity contribution in [1.29, 1.82) is 0 Å². The van der Waals surface area contributed by atoms with Crippen LogP contribution in [0.2, 0.25) is 0 Å². The van der Waals surface area contributed by atoms with E-state index >= 15 is 0 Å². The third kappa shape index (κ3) is 5.18. The van der Waals surface area contributed by atoms with Crippen molar-refractivity contribution in [3.05, 3.63) is 46.8 Å². The van der Waals surface area contributed by atoms with E-state index in [0.717, 1.165) is 12.1 Å². The van der Waals surface area contributed by atoms with E-state index in [1.165, 1.54) is 23.0 Å². The van der Waals surface area contributed by atoms with Crippen molar-refractivity contribution >= 4 is 12.0 Å². The summed E-state index contributed by atoms with van der Waals surface area (Å²) >= 11 is 0. The molecule has 1 atom stereocenters. The Hall–Kier alpha value is -2.79. The van der Waals surface area contributed by atoms with Gasteiger partial charge in [0.1, 0.15) is 0 Å². The Morgan fingerprint density at radius 3 is 2.86 bits per heavy atom. The van der Waals surface area contributed by atoms with Gasteiger partial charge in [-0.2, -0.15) is 18.0 Å². The van der Waals surface area contributed by atoms with Crippen molar-refractivity contribution < 1.29 is 23.1 Å². The number of halogens is 3. The van der Waals surface area contributed by atoms with E-state index in [2.05, 4.69) is 20.7 Å². The number of alkyl halides is 3. The number of aromatic nitrogens is 4. The number of benzene rings is 1. The van der Waals surface area contributed by atoms with Crippen LogP contribution in [0.25, 0.3) is 6.08 Å². The van der Waals surface area contributed by atoms with Crippen LogP contribution in [0.3, 0.4) is 0 Å². The van der Waals surface area contributed by atoms with E-state index in [1.54, 1.807) is 11.8 Å². The van der Waals surface area contributed by atoms with Crippen molar-refractivity contribution in [1.82, 2.24) is 30.4 Å². The molecule has 1 aromatic heterocycles. The highest BCUT2D eigenvalue weighted by Gasteiger charge is 2.31. The number of tetrazole rings is 1. The molecule has 0 aliphatic carbocycles. The number of carbonyl (C=O) groups is 1. The number of nitrogens with zero attached hydrogens (tertiary/aromatic N) is 5. The lowest BCUT2D eigenvalue weighted by molar-refractivity contribution is -0.137. The third-order valence-electron chi connectivity index (χ3n) is 4.58. The van der Waals surface area contributed by atoms with Gasteiger partial charge in [0.15, 0.2) is 5.82 Å². The first kappa shape index (κ1) is 20.9. The van der Waals surface area contributed by atoms with Gasteiger partial charge in [-0.1, -0.05) is 6.07 Å². The average Bonchev–Trinajstić information content (AvgIpc) is 3.10. The number of piperazine rings is 1. The molecule has 1 amide bonds. The molecule has 1 fully saturated rings. The number of nitrogens with one attached hydrogen (secondary N) is 1. The molecule has 0 saturated carbocycles. The van der Waals surface area contributed by atoms with Crippen LogP contribution in [-0.2, 0) is 17.5 Å². The topological polar surface area (TPSA) is 96.2 Å². The molecule has 3 rings (SSSR count). The quantitative estimate of drug-likeness (QED) is 0.710. The standard InChI is InChI=1S/C18H21F3N6O2/c1-12-23-25-27(24-12)10-14-8-15(18(19,20)21)4-2-13(14)3-5-17(29)26-7-6-22-9-16(26)11-28/h2-5,8,16,22,28H,6-7,9-11H2,1H3. The molecule has 156 valence electrons. The van der Waals surface area contributed by atoms with E-state index in [0.29, 0.717) is 36.6 Å². The van der Waals surface area contributed by atoms with Crippen molar-refractivity contribution in [2.75, 3.05) is 26.2 Å². The highest BCUT2D eigenvalue weighted by atomic mass is 19.4.